The SMILES string of the molecule is CC[C@H](C)Nc1nc(NCc2ccccn2)cc(C2CC2)n1. The molecule has 1 aliphatic carbocycles. The van der Waals surface area contributed by atoms with Crippen LogP contribution in [0.25, 0.3) is 0 Å². The third-order valence-electron chi connectivity index (χ3n) is 3.91. The van der Waals surface area contributed by atoms with E-state index in [2.05, 4.69) is 45.5 Å². The summed E-state index contributed by atoms with van der Waals surface area (Å²) in [6.07, 6.45) is 5.33. The van der Waals surface area contributed by atoms with E-state index < -0.39 is 0 Å². The number of aromatic nitrogens is 3. The molecular weight excluding hydrogens is 274 g/mol. The summed E-state index contributed by atoms with van der Waals surface area (Å²) in [4.78, 5) is 13.6. The molecule has 1 saturated carbocycles. The van der Waals surface area contributed by atoms with Gasteiger partial charge in [-0.1, -0.05) is 13.0 Å². The summed E-state index contributed by atoms with van der Waals surface area (Å²) in [5.74, 6) is 2.20. The lowest BCUT2D eigenvalue weighted by molar-refractivity contribution is 0.750. The predicted octanol–water partition coefficient (Wildman–Crippen LogP) is 3.57. The fourth-order valence-electron chi connectivity index (χ4n) is 2.22. The fraction of sp³-hybridized carbons (Fsp3) is 0.471. The predicted molar refractivity (Wildman–Crippen MR) is 88.9 cm³/mol. The van der Waals surface area contributed by atoms with E-state index in [4.69, 9.17) is 0 Å². The van der Waals surface area contributed by atoms with Crippen LogP contribution in [-0.4, -0.2) is 21.0 Å². The van der Waals surface area contributed by atoms with Crippen molar-refractivity contribution in [2.45, 2.75) is 51.6 Å². The molecular formula is C17H23N5. The Kier molecular flexibility index (Phi) is 4.51. The minimum atomic E-state index is 0.373. The Bertz CT molecular complexity index is 610. The summed E-state index contributed by atoms with van der Waals surface area (Å²) in [6.45, 7) is 4.97. The maximum Gasteiger partial charge on any atom is 0.225 e. The Morgan fingerprint density at radius 3 is 2.82 bits per heavy atom. The molecule has 1 fully saturated rings. The van der Waals surface area contributed by atoms with Crippen molar-refractivity contribution in [3.05, 3.63) is 41.9 Å². The van der Waals surface area contributed by atoms with Crippen molar-refractivity contribution in [3.63, 3.8) is 0 Å². The van der Waals surface area contributed by atoms with Crippen LogP contribution in [0.1, 0.15) is 50.4 Å². The van der Waals surface area contributed by atoms with Gasteiger partial charge in [-0.3, -0.25) is 4.98 Å². The Balaban J connectivity index is 1.74. The molecule has 2 aromatic heterocycles. The number of pyridine rings is 1. The number of rotatable bonds is 7. The van der Waals surface area contributed by atoms with E-state index in [0.29, 0.717) is 18.5 Å². The number of hydrogen-bond acceptors (Lipinski definition) is 5. The van der Waals surface area contributed by atoms with Crippen LogP contribution >= 0.6 is 0 Å². The van der Waals surface area contributed by atoms with Gasteiger partial charge in [0.2, 0.25) is 5.95 Å². The number of nitrogens with zero attached hydrogens (tertiary/aromatic N) is 3. The highest BCUT2D eigenvalue weighted by atomic mass is 15.2. The second-order valence-corrected chi connectivity index (χ2v) is 5.90. The highest BCUT2D eigenvalue weighted by Crippen LogP contribution is 2.39. The largest absolute Gasteiger partial charge is 0.364 e. The lowest BCUT2D eigenvalue weighted by Gasteiger charge is -2.14. The second kappa shape index (κ2) is 6.73. The first-order valence-corrected chi connectivity index (χ1v) is 8.04. The van der Waals surface area contributed by atoms with E-state index in [1.807, 2.05) is 24.4 Å². The van der Waals surface area contributed by atoms with Crippen LogP contribution in [0.4, 0.5) is 11.8 Å². The smallest absolute Gasteiger partial charge is 0.225 e. The summed E-state index contributed by atoms with van der Waals surface area (Å²) in [5, 5.41) is 6.74. The summed E-state index contributed by atoms with van der Waals surface area (Å²) in [5.41, 5.74) is 2.15. The monoisotopic (exact) mass is 297 g/mol. The number of anilines is 2. The quantitative estimate of drug-likeness (QED) is 0.818. The molecule has 0 saturated heterocycles. The summed E-state index contributed by atoms with van der Waals surface area (Å²) < 4.78 is 0. The minimum Gasteiger partial charge on any atom is -0.364 e. The van der Waals surface area contributed by atoms with Crippen molar-refractivity contribution in [1.29, 1.82) is 0 Å². The molecule has 0 radical (unpaired) electrons. The van der Waals surface area contributed by atoms with Crippen molar-refractivity contribution in [1.82, 2.24) is 15.0 Å². The van der Waals surface area contributed by atoms with Crippen molar-refractivity contribution in [2.24, 2.45) is 0 Å². The Morgan fingerprint density at radius 1 is 1.27 bits per heavy atom. The topological polar surface area (TPSA) is 62.7 Å². The van der Waals surface area contributed by atoms with E-state index in [-0.39, 0.29) is 0 Å². The minimum absolute atomic E-state index is 0.373. The van der Waals surface area contributed by atoms with Gasteiger partial charge in [-0.15, -0.1) is 0 Å². The van der Waals surface area contributed by atoms with Gasteiger partial charge in [0, 0.05) is 24.2 Å². The second-order valence-electron chi connectivity index (χ2n) is 5.90. The van der Waals surface area contributed by atoms with Crippen molar-refractivity contribution < 1.29 is 0 Å². The van der Waals surface area contributed by atoms with E-state index >= 15 is 0 Å². The Labute approximate surface area is 131 Å². The van der Waals surface area contributed by atoms with Gasteiger partial charge in [0.05, 0.1) is 17.9 Å². The molecule has 0 amide bonds. The maximum atomic E-state index is 4.66. The van der Waals surface area contributed by atoms with Gasteiger partial charge >= 0.3 is 0 Å². The highest BCUT2D eigenvalue weighted by molar-refractivity contribution is 5.44. The summed E-state index contributed by atoms with van der Waals surface area (Å²) >= 11 is 0. The van der Waals surface area contributed by atoms with Crippen LogP contribution < -0.4 is 10.6 Å². The molecule has 0 spiro atoms. The van der Waals surface area contributed by atoms with Gasteiger partial charge in [0.15, 0.2) is 0 Å². The maximum absolute atomic E-state index is 4.66. The molecule has 0 aliphatic heterocycles. The molecule has 5 heteroatoms. The number of nitrogens with one attached hydrogen (secondary N) is 2. The van der Waals surface area contributed by atoms with Gasteiger partial charge < -0.3 is 10.6 Å². The highest BCUT2D eigenvalue weighted by Gasteiger charge is 2.26. The lowest BCUT2D eigenvalue weighted by Crippen LogP contribution is -2.17. The Morgan fingerprint density at radius 2 is 2.14 bits per heavy atom. The molecule has 1 aliphatic rings. The molecule has 0 bridgehead atoms. The van der Waals surface area contributed by atoms with E-state index in [9.17, 15) is 0 Å². The van der Waals surface area contributed by atoms with E-state index in [1.165, 1.54) is 12.8 Å². The zero-order chi connectivity index (χ0) is 15.4. The number of hydrogen-bond donors (Lipinski definition) is 2. The van der Waals surface area contributed by atoms with Crippen molar-refractivity contribution in [3.8, 4) is 0 Å². The first-order valence-electron chi connectivity index (χ1n) is 8.04. The lowest BCUT2D eigenvalue weighted by atomic mass is 10.2. The van der Waals surface area contributed by atoms with Gasteiger partial charge in [-0.25, -0.2) is 4.98 Å². The molecule has 2 N–H and O–H groups in total. The summed E-state index contributed by atoms with van der Waals surface area (Å²) in [7, 11) is 0. The van der Waals surface area contributed by atoms with Crippen LogP contribution in [0.3, 0.4) is 0 Å². The molecule has 0 aromatic carbocycles. The molecule has 22 heavy (non-hydrogen) atoms. The molecule has 5 nitrogen and oxygen atoms in total. The first kappa shape index (κ1) is 14.8. The molecule has 2 aromatic rings. The molecule has 2 heterocycles. The van der Waals surface area contributed by atoms with Crippen LogP contribution in [0.2, 0.25) is 0 Å². The first-order chi connectivity index (χ1) is 10.7. The molecule has 0 unspecified atom stereocenters. The van der Waals surface area contributed by atoms with Crippen LogP contribution in [0, 0.1) is 0 Å². The van der Waals surface area contributed by atoms with Crippen LogP contribution in [-0.2, 0) is 6.54 Å². The third kappa shape index (κ3) is 3.93. The van der Waals surface area contributed by atoms with E-state index in [0.717, 1.165) is 29.6 Å². The van der Waals surface area contributed by atoms with Crippen LogP contribution in [0.5, 0.6) is 0 Å². The van der Waals surface area contributed by atoms with Gasteiger partial charge in [0.1, 0.15) is 5.82 Å². The average Bonchev–Trinajstić information content (AvgIpc) is 3.38. The standard InChI is InChI=1S/C17H23N5/c1-3-12(2)20-17-21-15(13-7-8-13)10-16(22-17)19-11-14-6-4-5-9-18-14/h4-6,9-10,12-13H,3,7-8,11H2,1-2H3,(H2,19,20,21,22)/t12-/m0/s1. The van der Waals surface area contributed by atoms with Crippen LogP contribution in [0.15, 0.2) is 30.5 Å². The molecule has 1 atom stereocenters. The normalized spacial score (nSPS) is 15.4. The third-order valence-corrected chi connectivity index (χ3v) is 3.91. The zero-order valence-electron chi connectivity index (χ0n) is 13.2. The van der Waals surface area contributed by atoms with Crippen molar-refractivity contribution >= 4 is 11.8 Å². The van der Waals surface area contributed by atoms with Gasteiger partial charge in [0.25, 0.3) is 0 Å². The molecule has 3 rings (SSSR count). The average molecular weight is 297 g/mol. The van der Waals surface area contributed by atoms with Gasteiger partial charge in [-0.05, 0) is 38.3 Å². The van der Waals surface area contributed by atoms with Crippen molar-refractivity contribution in [2.75, 3.05) is 10.6 Å². The Hall–Kier alpha value is -2.17. The fourth-order valence-corrected chi connectivity index (χ4v) is 2.22. The zero-order valence-corrected chi connectivity index (χ0v) is 13.2. The molecule has 116 valence electrons. The summed E-state index contributed by atoms with van der Waals surface area (Å²) in [6, 6.07) is 8.37. The van der Waals surface area contributed by atoms with Gasteiger partial charge in [-0.2, -0.15) is 4.98 Å². The van der Waals surface area contributed by atoms with E-state index in [1.54, 1.807) is 0 Å².